The highest BCUT2D eigenvalue weighted by Crippen LogP contribution is 2.22. The predicted octanol–water partition coefficient (Wildman–Crippen LogP) is 1.36. The first-order valence-electron chi connectivity index (χ1n) is 6.61. The molecule has 6 nitrogen and oxygen atoms in total. The molecule has 0 aliphatic carbocycles. The van der Waals surface area contributed by atoms with Crippen LogP contribution in [0.1, 0.15) is 38.6 Å². The summed E-state index contributed by atoms with van der Waals surface area (Å²) in [6.45, 7) is 6.57. The minimum absolute atomic E-state index is 0.0822. The number of anilines is 1. The number of aromatic nitrogens is 2. The summed E-state index contributed by atoms with van der Waals surface area (Å²) in [5.74, 6) is 0.631. The molecule has 1 fully saturated rings. The summed E-state index contributed by atoms with van der Waals surface area (Å²) in [5, 5.41) is 11.3. The number of ether oxygens (including phenoxy) is 1. The monoisotopic (exact) mass is 254 g/mol. The van der Waals surface area contributed by atoms with Crippen molar-refractivity contribution < 1.29 is 9.15 Å². The number of hydrogen-bond acceptors (Lipinski definition) is 6. The van der Waals surface area contributed by atoms with Gasteiger partial charge < -0.3 is 19.4 Å². The van der Waals surface area contributed by atoms with Crippen molar-refractivity contribution in [2.24, 2.45) is 0 Å². The van der Waals surface area contributed by atoms with E-state index in [2.05, 4.69) is 20.4 Å². The molecule has 2 atom stereocenters. The summed E-state index contributed by atoms with van der Waals surface area (Å²) in [5.41, 5.74) is 0. The molecular formula is C12H22N4O2. The Bertz CT molecular complexity index is 367. The molecular weight excluding hydrogens is 232 g/mol. The third-order valence-corrected chi connectivity index (χ3v) is 3.28. The Labute approximate surface area is 108 Å². The van der Waals surface area contributed by atoms with Gasteiger partial charge in [0.1, 0.15) is 0 Å². The standard InChI is InChI=1S/C12H22N4O2/c1-4-17-10-6-5-7-16(8-10)12-15-14-11(18-12)9(2)13-3/h9-10,13H,4-8H2,1-3H3. The Morgan fingerprint density at radius 3 is 3.11 bits per heavy atom. The molecule has 1 aromatic heterocycles. The van der Waals surface area contributed by atoms with Crippen molar-refractivity contribution in [2.75, 3.05) is 31.6 Å². The van der Waals surface area contributed by atoms with E-state index in [4.69, 9.17) is 9.15 Å². The Kier molecular flexibility index (Phi) is 4.54. The maximum atomic E-state index is 5.69. The minimum atomic E-state index is 0.0822. The zero-order chi connectivity index (χ0) is 13.0. The molecule has 1 aromatic rings. The van der Waals surface area contributed by atoms with Crippen molar-refractivity contribution in [3.05, 3.63) is 5.89 Å². The van der Waals surface area contributed by atoms with E-state index in [1.54, 1.807) is 0 Å². The molecule has 0 radical (unpaired) electrons. The summed E-state index contributed by atoms with van der Waals surface area (Å²) in [7, 11) is 1.88. The van der Waals surface area contributed by atoms with Gasteiger partial charge in [0.15, 0.2) is 0 Å². The molecule has 1 aliphatic rings. The summed E-state index contributed by atoms with van der Waals surface area (Å²) >= 11 is 0. The quantitative estimate of drug-likeness (QED) is 0.856. The van der Waals surface area contributed by atoms with Gasteiger partial charge in [-0.1, -0.05) is 5.10 Å². The summed E-state index contributed by atoms with van der Waals surface area (Å²) < 4.78 is 11.4. The second kappa shape index (κ2) is 6.15. The number of piperidine rings is 1. The Hall–Kier alpha value is -1.14. The highest BCUT2D eigenvalue weighted by Gasteiger charge is 2.24. The van der Waals surface area contributed by atoms with Crippen LogP contribution in [0, 0.1) is 0 Å². The molecule has 0 spiro atoms. The molecule has 0 bridgehead atoms. The van der Waals surface area contributed by atoms with Gasteiger partial charge in [0.05, 0.1) is 12.1 Å². The first-order valence-corrected chi connectivity index (χ1v) is 6.61. The van der Waals surface area contributed by atoms with Crippen LogP contribution in [0.5, 0.6) is 0 Å². The molecule has 2 unspecified atom stereocenters. The second-order valence-electron chi connectivity index (χ2n) is 4.60. The maximum Gasteiger partial charge on any atom is 0.318 e. The van der Waals surface area contributed by atoms with Crippen LogP contribution in [-0.2, 0) is 4.74 Å². The fourth-order valence-corrected chi connectivity index (χ4v) is 2.14. The van der Waals surface area contributed by atoms with Crippen LogP contribution >= 0.6 is 0 Å². The summed E-state index contributed by atoms with van der Waals surface area (Å²) in [6, 6.07) is 0.690. The molecule has 1 N–H and O–H groups in total. The first-order chi connectivity index (χ1) is 8.74. The van der Waals surface area contributed by atoms with Crippen LogP contribution in [0.2, 0.25) is 0 Å². The lowest BCUT2D eigenvalue weighted by molar-refractivity contribution is 0.0516. The Morgan fingerprint density at radius 1 is 1.56 bits per heavy atom. The van der Waals surface area contributed by atoms with Crippen molar-refractivity contribution in [1.29, 1.82) is 0 Å². The average Bonchev–Trinajstić information content (AvgIpc) is 2.88. The second-order valence-corrected chi connectivity index (χ2v) is 4.60. The maximum absolute atomic E-state index is 5.69. The lowest BCUT2D eigenvalue weighted by Gasteiger charge is -2.30. The summed E-state index contributed by atoms with van der Waals surface area (Å²) in [6.07, 6.45) is 2.49. The first kappa shape index (κ1) is 13.3. The van der Waals surface area contributed by atoms with Gasteiger partial charge in [-0.25, -0.2) is 0 Å². The van der Waals surface area contributed by atoms with Crippen molar-refractivity contribution in [1.82, 2.24) is 15.5 Å². The van der Waals surface area contributed by atoms with E-state index >= 15 is 0 Å². The van der Waals surface area contributed by atoms with Gasteiger partial charge in [-0.2, -0.15) is 0 Å². The normalized spacial score (nSPS) is 22.2. The van der Waals surface area contributed by atoms with E-state index in [0.717, 1.165) is 32.5 Å². The fraction of sp³-hybridized carbons (Fsp3) is 0.833. The van der Waals surface area contributed by atoms with Crippen molar-refractivity contribution in [3.8, 4) is 0 Å². The average molecular weight is 254 g/mol. The van der Waals surface area contributed by atoms with Crippen LogP contribution in [0.3, 0.4) is 0 Å². The van der Waals surface area contributed by atoms with Gasteiger partial charge in [0.25, 0.3) is 0 Å². The molecule has 1 saturated heterocycles. The molecule has 102 valence electrons. The molecule has 18 heavy (non-hydrogen) atoms. The number of rotatable bonds is 5. The smallest absolute Gasteiger partial charge is 0.318 e. The van der Waals surface area contributed by atoms with Crippen LogP contribution in [0.15, 0.2) is 4.42 Å². The minimum Gasteiger partial charge on any atom is -0.406 e. The Balaban J connectivity index is 2.00. The topological polar surface area (TPSA) is 63.4 Å². The molecule has 2 rings (SSSR count). The highest BCUT2D eigenvalue weighted by molar-refractivity contribution is 5.25. The molecule has 6 heteroatoms. The van der Waals surface area contributed by atoms with Crippen LogP contribution < -0.4 is 10.2 Å². The van der Waals surface area contributed by atoms with E-state index in [0.29, 0.717) is 11.9 Å². The van der Waals surface area contributed by atoms with E-state index in [1.807, 2.05) is 20.9 Å². The number of nitrogens with zero attached hydrogens (tertiary/aromatic N) is 3. The van der Waals surface area contributed by atoms with Crippen molar-refractivity contribution in [3.63, 3.8) is 0 Å². The molecule has 2 heterocycles. The van der Waals surface area contributed by atoms with Crippen LogP contribution in [0.4, 0.5) is 6.01 Å². The fourth-order valence-electron chi connectivity index (χ4n) is 2.14. The predicted molar refractivity (Wildman–Crippen MR) is 68.6 cm³/mol. The van der Waals surface area contributed by atoms with Crippen molar-refractivity contribution in [2.45, 2.75) is 38.8 Å². The van der Waals surface area contributed by atoms with E-state index in [-0.39, 0.29) is 12.1 Å². The molecule has 0 amide bonds. The largest absolute Gasteiger partial charge is 0.406 e. The zero-order valence-corrected chi connectivity index (χ0v) is 11.3. The van der Waals surface area contributed by atoms with E-state index < -0.39 is 0 Å². The highest BCUT2D eigenvalue weighted by atomic mass is 16.5. The third kappa shape index (κ3) is 3.00. The van der Waals surface area contributed by atoms with Gasteiger partial charge in [-0.3, -0.25) is 0 Å². The number of hydrogen-bond donors (Lipinski definition) is 1. The van der Waals surface area contributed by atoms with Gasteiger partial charge in [0, 0.05) is 19.7 Å². The molecule has 1 aliphatic heterocycles. The molecule has 0 aromatic carbocycles. The van der Waals surface area contributed by atoms with E-state index in [1.165, 1.54) is 0 Å². The molecule has 0 saturated carbocycles. The van der Waals surface area contributed by atoms with Crippen LogP contribution in [-0.4, -0.2) is 43.0 Å². The lowest BCUT2D eigenvalue weighted by Crippen LogP contribution is -2.39. The van der Waals surface area contributed by atoms with Gasteiger partial charge in [-0.05, 0) is 33.7 Å². The number of nitrogens with one attached hydrogen (secondary N) is 1. The van der Waals surface area contributed by atoms with Crippen LogP contribution in [0.25, 0.3) is 0 Å². The third-order valence-electron chi connectivity index (χ3n) is 3.28. The van der Waals surface area contributed by atoms with E-state index in [9.17, 15) is 0 Å². The SMILES string of the molecule is CCOC1CCCN(c2nnc(C(C)NC)o2)C1. The lowest BCUT2D eigenvalue weighted by atomic mass is 10.1. The zero-order valence-electron chi connectivity index (χ0n) is 11.3. The van der Waals surface area contributed by atoms with Gasteiger partial charge >= 0.3 is 6.01 Å². The Morgan fingerprint density at radius 2 is 2.39 bits per heavy atom. The van der Waals surface area contributed by atoms with Gasteiger partial charge in [-0.15, -0.1) is 5.10 Å². The van der Waals surface area contributed by atoms with Crippen molar-refractivity contribution >= 4 is 6.01 Å². The summed E-state index contributed by atoms with van der Waals surface area (Å²) in [4.78, 5) is 2.11. The van der Waals surface area contributed by atoms with Gasteiger partial charge in [0.2, 0.25) is 5.89 Å².